The second kappa shape index (κ2) is 12.0. The molecule has 2 nitrogen and oxygen atoms in total. The smallest absolute Gasteiger partial charge is 0.107 e. The average molecular weight is 600 g/mol. The average Bonchev–Trinajstić information content (AvgIpc) is 3.31. The molecule has 0 aliphatic rings. The van der Waals surface area contributed by atoms with Crippen molar-refractivity contribution < 1.29 is 0 Å². The van der Waals surface area contributed by atoms with Crippen LogP contribution in [-0.2, 0) is 0 Å². The summed E-state index contributed by atoms with van der Waals surface area (Å²) in [7, 11) is 0. The summed E-state index contributed by atoms with van der Waals surface area (Å²) in [5, 5.41) is 9.88. The Labute approximate surface area is 244 Å². The van der Waals surface area contributed by atoms with Crippen molar-refractivity contribution in [2.24, 2.45) is 0 Å². The highest BCUT2D eigenvalue weighted by molar-refractivity contribution is 8.02. The second-order valence-corrected chi connectivity index (χ2v) is 11.7. The predicted molar refractivity (Wildman–Crippen MR) is 160 cm³/mol. The van der Waals surface area contributed by atoms with Gasteiger partial charge in [-0.1, -0.05) is 94.2 Å². The first-order valence-electron chi connectivity index (χ1n) is 11.1. The molecule has 0 N–H and O–H groups in total. The third-order valence-corrected chi connectivity index (χ3v) is 8.27. The zero-order valence-corrected chi connectivity index (χ0v) is 23.8. The van der Waals surface area contributed by atoms with Gasteiger partial charge in [0, 0.05) is 52.6 Å². The Balaban J connectivity index is 1.60. The topological polar surface area (TPSA) is 17.8 Å². The third kappa shape index (κ3) is 6.77. The predicted octanol–water partition coefficient (Wildman–Crippen LogP) is 11.0. The van der Waals surface area contributed by atoms with Crippen LogP contribution in [0.25, 0.3) is 17.0 Å². The summed E-state index contributed by atoms with van der Waals surface area (Å²) in [5.41, 5.74) is 3.72. The summed E-state index contributed by atoms with van der Waals surface area (Å²) in [5.74, 6) is 0. The van der Waals surface area contributed by atoms with E-state index in [1.165, 1.54) is 0 Å². The normalized spacial score (nSPS) is 11.6. The van der Waals surface area contributed by atoms with Gasteiger partial charge in [0.25, 0.3) is 0 Å². The Morgan fingerprint density at radius 3 is 1.68 bits per heavy atom. The summed E-state index contributed by atoms with van der Waals surface area (Å²) in [6.07, 6.45) is 2.05. The van der Waals surface area contributed by atoms with Crippen LogP contribution in [0, 0.1) is 0 Å². The monoisotopic (exact) mass is 598 g/mol. The van der Waals surface area contributed by atoms with Crippen LogP contribution in [0.2, 0.25) is 20.1 Å². The highest BCUT2D eigenvalue weighted by Crippen LogP contribution is 2.38. The fraction of sp³-hybridized carbons (Fsp3) is 0. The molecular weight excluding hydrogens is 582 g/mol. The SMILES string of the molecule is Clc1ccc(S/C=C(\c2ccc(Cl)cc2)n2cc(Sc3ccc(Cl)cc3)c(-c3ccc(Cl)cc3)n2)cc1. The highest BCUT2D eigenvalue weighted by atomic mass is 35.5. The number of thioether (sulfide) groups is 1. The summed E-state index contributed by atoms with van der Waals surface area (Å²) >= 11 is 27.8. The first-order chi connectivity index (χ1) is 17.9. The molecule has 0 atom stereocenters. The van der Waals surface area contributed by atoms with E-state index in [0.29, 0.717) is 20.1 Å². The van der Waals surface area contributed by atoms with Gasteiger partial charge in [0.05, 0.1) is 10.6 Å². The fourth-order valence-corrected chi connectivity index (χ4v) is 5.73. The molecule has 0 spiro atoms. The number of hydrogen-bond donors (Lipinski definition) is 0. The first-order valence-corrected chi connectivity index (χ1v) is 14.3. The molecule has 1 heterocycles. The standard InChI is InChI=1S/C29H18Cl4N2S2/c30-21-5-1-19(2-6-21)27(18-36-25-13-9-23(32)10-14-25)35-17-28(37-26-15-11-24(33)12-16-26)29(34-35)20-3-7-22(31)8-4-20/h1-18H/b27-18+. The molecule has 0 fully saturated rings. The van der Waals surface area contributed by atoms with Crippen molar-refractivity contribution in [3.63, 3.8) is 0 Å². The lowest BCUT2D eigenvalue weighted by Crippen LogP contribution is -1.99. The first kappa shape index (κ1) is 26.3. The highest BCUT2D eigenvalue weighted by Gasteiger charge is 2.16. The van der Waals surface area contributed by atoms with Crippen LogP contribution < -0.4 is 0 Å². The minimum atomic E-state index is 0.676. The maximum atomic E-state index is 6.19. The fourth-order valence-electron chi connectivity index (χ4n) is 3.51. The molecule has 0 amide bonds. The molecule has 5 aromatic rings. The van der Waals surface area contributed by atoms with E-state index in [1.54, 1.807) is 23.5 Å². The van der Waals surface area contributed by atoms with E-state index in [4.69, 9.17) is 51.5 Å². The number of halogens is 4. The summed E-state index contributed by atoms with van der Waals surface area (Å²) in [6, 6.07) is 31.0. The van der Waals surface area contributed by atoms with Crippen molar-refractivity contribution in [1.82, 2.24) is 9.78 Å². The van der Waals surface area contributed by atoms with Gasteiger partial charge in [0.1, 0.15) is 5.69 Å². The maximum absolute atomic E-state index is 6.19. The van der Waals surface area contributed by atoms with Gasteiger partial charge < -0.3 is 0 Å². The Kier molecular flexibility index (Phi) is 8.56. The van der Waals surface area contributed by atoms with Gasteiger partial charge in [-0.05, 0) is 72.8 Å². The van der Waals surface area contributed by atoms with Crippen LogP contribution in [0.1, 0.15) is 5.56 Å². The van der Waals surface area contributed by atoms with Crippen LogP contribution in [-0.4, -0.2) is 9.78 Å². The van der Waals surface area contributed by atoms with Gasteiger partial charge in [-0.3, -0.25) is 0 Å². The minimum absolute atomic E-state index is 0.676. The molecule has 1 aromatic heterocycles. The van der Waals surface area contributed by atoms with Crippen LogP contribution in [0.3, 0.4) is 0 Å². The van der Waals surface area contributed by atoms with Crippen molar-refractivity contribution in [2.45, 2.75) is 14.7 Å². The van der Waals surface area contributed by atoms with Gasteiger partial charge in [0.15, 0.2) is 0 Å². The molecule has 8 heteroatoms. The molecule has 0 saturated carbocycles. The number of hydrogen-bond acceptors (Lipinski definition) is 3. The second-order valence-electron chi connectivity index (χ2n) is 7.93. The number of nitrogens with zero attached hydrogens (tertiary/aromatic N) is 2. The number of aromatic nitrogens is 2. The Morgan fingerprint density at radius 1 is 0.622 bits per heavy atom. The summed E-state index contributed by atoms with van der Waals surface area (Å²) in [4.78, 5) is 3.13. The van der Waals surface area contributed by atoms with Crippen LogP contribution in [0.5, 0.6) is 0 Å². The van der Waals surface area contributed by atoms with Crippen molar-refractivity contribution in [2.75, 3.05) is 0 Å². The van der Waals surface area contributed by atoms with Crippen LogP contribution >= 0.6 is 69.9 Å². The van der Waals surface area contributed by atoms with Gasteiger partial charge in [-0.25, -0.2) is 4.68 Å². The quantitative estimate of drug-likeness (QED) is 0.173. The van der Waals surface area contributed by atoms with Gasteiger partial charge >= 0.3 is 0 Å². The van der Waals surface area contributed by atoms with Gasteiger partial charge in [-0.15, -0.1) is 0 Å². The summed E-state index contributed by atoms with van der Waals surface area (Å²) in [6.45, 7) is 0. The lowest BCUT2D eigenvalue weighted by molar-refractivity contribution is 0.908. The number of rotatable bonds is 7. The molecule has 4 aromatic carbocycles. The molecular formula is C29H18Cl4N2S2. The lowest BCUT2D eigenvalue weighted by Gasteiger charge is -2.09. The van der Waals surface area contributed by atoms with Crippen molar-refractivity contribution in [1.29, 1.82) is 0 Å². The van der Waals surface area contributed by atoms with Crippen LogP contribution in [0.4, 0.5) is 0 Å². The molecule has 0 saturated heterocycles. The zero-order valence-electron chi connectivity index (χ0n) is 19.1. The van der Waals surface area contributed by atoms with E-state index in [-0.39, 0.29) is 0 Å². The molecule has 184 valence electrons. The largest absolute Gasteiger partial charge is 0.238 e. The lowest BCUT2D eigenvalue weighted by atomic mass is 10.2. The Morgan fingerprint density at radius 2 is 1.11 bits per heavy atom. The number of benzene rings is 4. The minimum Gasteiger partial charge on any atom is -0.238 e. The molecule has 0 aliphatic carbocycles. The van der Waals surface area contributed by atoms with Crippen LogP contribution in [0.15, 0.2) is 123 Å². The Bertz CT molecular complexity index is 1530. The summed E-state index contributed by atoms with van der Waals surface area (Å²) < 4.78 is 1.91. The Hall–Kier alpha value is -2.31. The zero-order chi connectivity index (χ0) is 25.8. The molecule has 0 unspecified atom stereocenters. The van der Waals surface area contributed by atoms with E-state index in [0.717, 1.165) is 37.2 Å². The maximum Gasteiger partial charge on any atom is 0.107 e. The van der Waals surface area contributed by atoms with Crippen molar-refractivity contribution in [3.05, 3.63) is 134 Å². The van der Waals surface area contributed by atoms with Crippen molar-refractivity contribution >= 4 is 75.6 Å². The molecule has 5 rings (SSSR count). The van der Waals surface area contributed by atoms with E-state index in [9.17, 15) is 0 Å². The van der Waals surface area contributed by atoms with Gasteiger partial charge in [-0.2, -0.15) is 5.10 Å². The molecule has 37 heavy (non-hydrogen) atoms. The molecule has 0 bridgehead atoms. The molecule has 0 aliphatic heterocycles. The third-order valence-electron chi connectivity index (χ3n) is 5.35. The van der Waals surface area contributed by atoms with Crippen molar-refractivity contribution in [3.8, 4) is 11.3 Å². The van der Waals surface area contributed by atoms with E-state index < -0.39 is 0 Å². The van der Waals surface area contributed by atoms with E-state index in [1.807, 2.05) is 108 Å². The molecule has 0 radical (unpaired) electrons. The van der Waals surface area contributed by atoms with E-state index >= 15 is 0 Å². The van der Waals surface area contributed by atoms with E-state index in [2.05, 4.69) is 5.41 Å². The van der Waals surface area contributed by atoms with Gasteiger partial charge in [0.2, 0.25) is 0 Å².